The van der Waals surface area contributed by atoms with Crippen molar-refractivity contribution in [2.45, 2.75) is 44.2 Å². The Hall–Kier alpha value is -0.870. The van der Waals surface area contributed by atoms with E-state index in [1.165, 1.54) is 0 Å². The van der Waals surface area contributed by atoms with Crippen LogP contribution in [-0.4, -0.2) is 23.2 Å². The van der Waals surface area contributed by atoms with Crippen LogP contribution in [0.25, 0.3) is 0 Å². The normalized spacial score (nSPS) is 25.3. The fourth-order valence-electron chi connectivity index (χ4n) is 2.11. The summed E-state index contributed by atoms with van der Waals surface area (Å²) >= 11 is 1.59. The van der Waals surface area contributed by atoms with Gasteiger partial charge in [0.05, 0.1) is 18.6 Å². The molecular formula is C12H17NO2S. The molecule has 1 heterocycles. The third-order valence-corrected chi connectivity index (χ3v) is 3.87. The Bertz CT molecular complexity index is 337. The predicted octanol–water partition coefficient (Wildman–Crippen LogP) is 1.71. The minimum absolute atomic E-state index is 0.0217. The van der Waals surface area contributed by atoms with Crippen molar-refractivity contribution >= 4 is 17.2 Å². The van der Waals surface area contributed by atoms with Crippen molar-refractivity contribution in [2.24, 2.45) is 0 Å². The summed E-state index contributed by atoms with van der Waals surface area (Å²) in [6, 6.07) is 3.87. The quantitative estimate of drug-likeness (QED) is 0.843. The lowest BCUT2D eigenvalue weighted by molar-refractivity contribution is -0.122. The zero-order chi connectivity index (χ0) is 11.4. The topological polar surface area (TPSA) is 49.3 Å². The van der Waals surface area contributed by atoms with E-state index < -0.39 is 0 Å². The van der Waals surface area contributed by atoms with E-state index in [0.717, 1.165) is 30.6 Å². The third-order valence-electron chi connectivity index (χ3n) is 2.99. The number of rotatable bonds is 3. The first-order valence-electron chi connectivity index (χ1n) is 5.75. The Morgan fingerprint density at radius 2 is 2.31 bits per heavy atom. The maximum atomic E-state index is 11.7. The van der Waals surface area contributed by atoms with Gasteiger partial charge in [0.25, 0.3) is 0 Å². The molecule has 1 aliphatic rings. The molecule has 1 aliphatic carbocycles. The van der Waals surface area contributed by atoms with E-state index in [4.69, 9.17) is 0 Å². The van der Waals surface area contributed by atoms with Crippen molar-refractivity contribution in [3.8, 4) is 0 Å². The molecule has 4 heteroatoms. The maximum Gasteiger partial charge on any atom is 0.225 e. The first-order valence-corrected chi connectivity index (χ1v) is 6.63. The molecule has 1 saturated carbocycles. The minimum Gasteiger partial charge on any atom is -0.391 e. The molecule has 2 atom stereocenters. The number of hydrogen-bond acceptors (Lipinski definition) is 3. The summed E-state index contributed by atoms with van der Waals surface area (Å²) in [4.78, 5) is 12.8. The van der Waals surface area contributed by atoms with Crippen LogP contribution in [0.1, 0.15) is 30.6 Å². The van der Waals surface area contributed by atoms with Gasteiger partial charge in [-0.3, -0.25) is 4.79 Å². The average Bonchev–Trinajstić information content (AvgIpc) is 2.74. The van der Waals surface area contributed by atoms with Crippen LogP contribution in [0.2, 0.25) is 0 Å². The Kier molecular flexibility index (Phi) is 3.96. The molecule has 0 radical (unpaired) electrons. The number of carbonyl (C=O) groups excluding carboxylic acids is 1. The highest BCUT2D eigenvalue weighted by Gasteiger charge is 2.24. The molecule has 0 aromatic carbocycles. The molecule has 0 bridgehead atoms. The first kappa shape index (κ1) is 11.6. The van der Waals surface area contributed by atoms with Crippen molar-refractivity contribution in [3.63, 3.8) is 0 Å². The molecule has 16 heavy (non-hydrogen) atoms. The zero-order valence-electron chi connectivity index (χ0n) is 9.19. The molecule has 2 N–H and O–H groups in total. The molecule has 1 fully saturated rings. The van der Waals surface area contributed by atoms with Crippen LogP contribution < -0.4 is 5.32 Å². The van der Waals surface area contributed by atoms with Gasteiger partial charge >= 0.3 is 0 Å². The summed E-state index contributed by atoms with van der Waals surface area (Å²) in [6.07, 6.45) is 3.95. The lowest BCUT2D eigenvalue weighted by Gasteiger charge is -2.28. The number of amides is 1. The fraction of sp³-hybridized carbons (Fsp3) is 0.583. The SMILES string of the molecule is O=C(Cc1cccs1)NC1CCCCC1O. The smallest absolute Gasteiger partial charge is 0.225 e. The van der Waals surface area contributed by atoms with Crippen LogP contribution >= 0.6 is 11.3 Å². The lowest BCUT2D eigenvalue weighted by atomic mass is 9.92. The summed E-state index contributed by atoms with van der Waals surface area (Å²) in [5, 5.41) is 14.6. The summed E-state index contributed by atoms with van der Waals surface area (Å²) in [7, 11) is 0. The molecule has 1 amide bonds. The van der Waals surface area contributed by atoms with Crippen molar-refractivity contribution in [3.05, 3.63) is 22.4 Å². The molecule has 1 aromatic heterocycles. The van der Waals surface area contributed by atoms with Crippen LogP contribution in [0.4, 0.5) is 0 Å². The number of thiophene rings is 1. The van der Waals surface area contributed by atoms with Gasteiger partial charge in [0.1, 0.15) is 0 Å². The van der Waals surface area contributed by atoms with E-state index in [-0.39, 0.29) is 18.1 Å². The van der Waals surface area contributed by atoms with Crippen LogP contribution in [0.15, 0.2) is 17.5 Å². The second-order valence-corrected chi connectivity index (χ2v) is 5.31. The zero-order valence-corrected chi connectivity index (χ0v) is 10.0. The van der Waals surface area contributed by atoms with Gasteiger partial charge < -0.3 is 10.4 Å². The monoisotopic (exact) mass is 239 g/mol. The van der Waals surface area contributed by atoms with Crippen LogP contribution in [0.5, 0.6) is 0 Å². The standard InChI is InChI=1S/C12H17NO2S/c14-11-6-2-1-5-10(11)13-12(15)8-9-4-3-7-16-9/h3-4,7,10-11,14H,1-2,5-6,8H2,(H,13,15). The molecule has 3 nitrogen and oxygen atoms in total. The van der Waals surface area contributed by atoms with Gasteiger partial charge in [-0.1, -0.05) is 18.9 Å². The molecule has 2 unspecified atom stereocenters. The summed E-state index contributed by atoms with van der Waals surface area (Å²) in [5.41, 5.74) is 0. The van der Waals surface area contributed by atoms with Gasteiger partial charge in [-0.25, -0.2) is 0 Å². The molecule has 0 spiro atoms. The lowest BCUT2D eigenvalue weighted by Crippen LogP contribution is -2.45. The van der Waals surface area contributed by atoms with Crippen molar-refractivity contribution in [1.82, 2.24) is 5.32 Å². The average molecular weight is 239 g/mol. The van der Waals surface area contributed by atoms with Gasteiger partial charge in [-0.2, -0.15) is 0 Å². The minimum atomic E-state index is -0.360. The Morgan fingerprint density at radius 1 is 1.50 bits per heavy atom. The van der Waals surface area contributed by atoms with Gasteiger partial charge in [0.15, 0.2) is 0 Å². The summed E-state index contributed by atoms with van der Waals surface area (Å²) < 4.78 is 0. The van der Waals surface area contributed by atoms with E-state index in [2.05, 4.69) is 5.32 Å². The number of aliphatic hydroxyl groups is 1. The Labute approximate surface area is 99.5 Å². The van der Waals surface area contributed by atoms with Gasteiger partial charge in [-0.05, 0) is 24.3 Å². The van der Waals surface area contributed by atoms with Crippen LogP contribution in [0, 0.1) is 0 Å². The van der Waals surface area contributed by atoms with Gasteiger partial charge in [0.2, 0.25) is 5.91 Å². The predicted molar refractivity (Wildman–Crippen MR) is 64.4 cm³/mol. The second kappa shape index (κ2) is 5.46. The Morgan fingerprint density at radius 3 is 3.00 bits per heavy atom. The molecule has 0 aliphatic heterocycles. The molecular weight excluding hydrogens is 222 g/mol. The van der Waals surface area contributed by atoms with Crippen molar-refractivity contribution < 1.29 is 9.90 Å². The molecule has 1 aromatic rings. The largest absolute Gasteiger partial charge is 0.391 e. The Balaban J connectivity index is 1.82. The number of aliphatic hydroxyl groups excluding tert-OH is 1. The van der Waals surface area contributed by atoms with E-state index in [0.29, 0.717) is 6.42 Å². The maximum absolute atomic E-state index is 11.7. The highest BCUT2D eigenvalue weighted by molar-refractivity contribution is 7.10. The molecule has 88 valence electrons. The van der Waals surface area contributed by atoms with Crippen molar-refractivity contribution in [2.75, 3.05) is 0 Å². The van der Waals surface area contributed by atoms with Gasteiger partial charge in [0, 0.05) is 4.88 Å². The first-order chi connectivity index (χ1) is 7.75. The van der Waals surface area contributed by atoms with Crippen LogP contribution in [0.3, 0.4) is 0 Å². The highest BCUT2D eigenvalue weighted by atomic mass is 32.1. The van der Waals surface area contributed by atoms with Gasteiger partial charge in [-0.15, -0.1) is 11.3 Å². The fourth-order valence-corrected chi connectivity index (χ4v) is 2.81. The summed E-state index contributed by atoms with van der Waals surface area (Å²) in [5.74, 6) is 0.0217. The summed E-state index contributed by atoms with van der Waals surface area (Å²) in [6.45, 7) is 0. The van der Waals surface area contributed by atoms with E-state index >= 15 is 0 Å². The van der Waals surface area contributed by atoms with E-state index in [1.807, 2.05) is 17.5 Å². The van der Waals surface area contributed by atoms with E-state index in [1.54, 1.807) is 11.3 Å². The third kappa shape index (κ3) is 3.06. The number of carbonyl (C=O) groups is 1. The van der Waals surface area contributed by atoms with Crippen LogP contribution in [-0.2, 0) is 11.2 Å². The highest BCUT2D eigenvalue weighted by Crippen LogP contribution is 2.18. The van der Waals surface area contributed by atoms with Crippen molar-refractivity contribution in [1.29, 1.82) is 0 Å². The second-order valence-electron chi connectivity index (χ2n) is 4.28. The number of nitrogens with one attached hydrogen (secondary N) is 1. The van der Waals surface area contributed by atoms with E-state index in [9.17, 15) is 9.90 Å². The molecule has 0 saturated heterocycles. The number of hydrogen-bond donors (Lipinski definition) is 2. The molecule has 2 rings (SSSR count).